The molecule has 0 bridgehead atoms. The zero-order chi connectivity index (χ0) is 22.3. The van der Waals surface area contributed by atoms with Gasteiger partial charge in [0.15, 0.2) is 11.3 Å². The third-order valence-electron chi connectivity index (χ3n) is 4.81. The Hall–Kier alpha value is -3.45. The van der Waals surface area contributed by atoms with Crippen LogP contribution in [0.25, 0.3) is 21.6 Å². The summed E-state index contributed by atoms with van der Waals surface area (Å²) >= 11 is 3.50. The largest absolute Gasteiger partial charge is 0.433 e. The van der Waals surface area contributed by atoms with E-state index < -0.39 is 17.6 Å². The summed E-state index contributed by atoms with van der Waals surface area (Å²) in [6.45, 7) is 8.50. The molecule has 0 aliphatic carbocycles. The summed E-state index contributed by atoms with van der Waals surface area (Å²) < 4.78 is 41.7. The predicted octanol–water partition coefficient (Wildman–Crippen LogP) is 5.25. The lowest BCUT2D eigenvalue weighted by atomic mass is 10.1. The molecule has 0 spiro atoms. The van der Waals surface area contributed by atoms with Gasteiger partial charge in [0.2, 0.25) is 0 Å². The quantitative estimate of drug-likeness (QED) is 0.371. The van der Waals surface area contributed by atoms with E-state index in [4.69, 9.17) is 6.57 Å². The molecule has 4 rings (SSSR count). The maximum absolute atomic E-state index is 12.8. The molecular weight excluding hydrogens is 475 g/mol. The number of hydrogen-bond acceptors (Lipinski definition) is 3. The van der Waals surface area contributed by atoms with Crippen LogP contribution in [-0.2, 0) is 12.7 Å². The standard InChI is InChI=1S/C21H13BrF3N5O/c1-12-14(5-8-17(27-12)21(23,24)25)11-30-20(31)29-10-9-16(18(22)19(29)28-30)13-3-6-15(26-2)7-4-13/h3-10H,11H2,1H3. The van der Waals surface area contributed by atoms with Gasteiger partial charge in [0.1, 0.15) is 5.69 Å². The Balaban J connectivity index is 1.74. The maximum atomic E-state index is 12.8. The predicted molar refractivity (Wildman–Crippen MR) is 112 cm³/mol. The van der Waals surface area contributed by atoms with Gasteiger partial charge < -0.3 is 0 Å². The van der Waals surface area contributed by atoms with Crippen molar-refractivity contribution in [1.29, 1.82) is 0 Å². The number of aromatic nitrogens is 4. The van der Waals surface area contributed by atoms with Crippen molar-refractivity contribution in [2.75, 3.05) is 0 Å². The Bertz CT molecular complexity index is 1400. The molecule has 0 fully saturated rings. The molecule has 0 aliphatic heterocycles. The fourth-order valence-electron chi connectivity index (χ4n) is 3.16. The van der Waals surface area contributed by atoms with Crippen molar-refractivity contribution in [2.45, 2.75) is 19.6 Å². The topological polar surface area (TPSA) is 56.5 Å². The van der Waals surface area contributed by atoms with Gasteiger partial charge in [0.25, 0.3) is 0 Å². The van der Waals surface area contributed by atoms with Gasteiger partial charge in [0.05, 0.1) is 17.6 Å². The average Bonchev–Trinajstić information content (AvgIpc) is 3.06. The van der Waals surface area contributed by atoms with E-state index in [0.29, 0.717) is 21.4 Å². The van der Waals surface area contributed by atoms with Crippen LogP contribution in [0.4, 0.5) is 18.9 Å². The van der Waals surface area contributed by atoms with Crippen molar-refractivity contribution in [3.8, 4) is 11.1 Å². The highest BCUT2D eigenvalue weighted by atomic mass is 79.9. The number of nitrogens with zero attached hydrogens (tertiary/aromatic N) is 5. The Morgan fingerprint density at radius 3 is 2.45 bits per heavy atom. The van der Waals surface area contributed by atoms with Crippen molar-refractivity contribution < 1.29 is 13.2 Å². The fraction of sp³-hybridized carbons (Fsp3) is 0.143. The molecule has 6 nitrogen and oxygen atoms in total. The van der Waals surface area contributed by atoms with Crippen LogP contribution in [0, 0.1) is 13.5 Å². The molecule has 3 heterocycles. The summed E-state index contributed by atoms with van der Waals surface area (Å²) in [5, 5.41) is 4.36. The van der Waals surface area contributed by atoms with Crippen LogP contribution in [0.15, 0.2) is 57.9 Å². The second-order valence-electron chi connectivity index (χ2n) is 6.77. The van der Waals surface area contributed by atoms with Crippen LogP contribution in [0.1, 0.15) is 17.0 Å². The third kappa shape index (κ3) is 3.84. The van der Waals surface area contributed by atoms with Crippen molar-refractivity contribution in [3.05, 3.63) is 92.0 Å². The second kappa shape index (κ2) is 7.67. The summed E-state index contributed by atoms with van der Waals surface area (Å²) in [5.41, 5.74) is 1.75. The molecule has 0 amide bonds. The molecule has 156 valence electrons. The van der Waals surface area contributed by atoms with E-state index in [2.05, 4.69) is 30.9 Å². The van der Waals surface area contributed by atoms with Gasteiger partial charge >= 0.3 is 11.9 Å². The molecule has 0 N–H and O–H groups in total. The summed E-state index contributed by atoms with van der Waals surface area (Å²) in [7, 11) is 0. The van der Waals surface area contributed by atoms with Crippen LogP contribution in [0.2, 0.25) is 0 Å². The smallest absolute Gasteiger partial charge is 0.249 e. The van der Waals surface area contributed by atoms with Crippen molar-refractivity contribution in [2.24, 2.45) is 0 Å². The molecule has 31 heavy (non-hydrogen) atoms. The first kappa shape index (κ1) is 20.8. The molecule has 0 atom stereocenters. The van der Waals surface area contributed by atoms with Crippen LogP contribution < -0.4 is 5.69 Å². The Morgan fingerprint density at radius 2 is 1.84 bits per heavy atom. The lowest BCUT2D eigenvalue weighted by molar-refractivity contribution is -0.141. The van der Waals surface area contributed by atoms with Gasteiger partial charge in [-0.1, -0.05) is 30.3 Å². The van der Waals surface area contributed by atoms with E-state index >= 15 is 0 Å². The lowest BCUT2D eigenvalue weighted by Crippen LogP contribution is -2.22. The lowest BCUT2D eigenvalue weighted by Gasteiger charge is -2.09. The zero-order valence-corrected chi connectivity index (χ0v) is 17.6. The molecule has 3 aromatic heterocycles. The molecular formula is C21H13BrF3N5O. The first-order valence-corrected chi connectivity index (χ1v) is 9.77. The van der Waals surface area contributed by atoms with Gasteiger partial charge in [0, 0.05) is 17.5 Å². The Morgan fingerprint density at radius 1 is 1.13 bits per heavy atom. The zero-order valence-electron chi connectivity index (χ0n) is 16.0. The van der Waals surface area contributed by atoms with Crippen LogP contribution in [0.3, 0.4) is 0 Å². The van der Waals surface area contributed by atoms with Crippen molar-refractivity contribution in [3.63, 3.8) is 0 Å². The van der Waals surface area contributed by atoms with Crippen LogP contribution in [-0.4, -0.2) is 19.2 Å². The van der Waals surface area contributed by atoms with Crippen molar-refractivity contribution >= 4 is 27.3 Å². The molecule has 0 unspecified atom stereocenters. The minimum atomic E-state index is -4.53. The monoisotopic (exact) mass is 487 g/mol. The summed E-state index contributed by atoms with van der Waals surface area (Å²) in [5.74, 6) is 0. The second-order valence-corrected chi connectivity index (χ2v) is 7.57. The number of fused-ring (bicyclic) bond motifs is 1. The average molecular weight is 488 g/mol. The third-order valence-corrected chi connectivity index (χ3v) is 5.59. The number of benzene rings is 1. The number of alkyl halides is 3. The highest BCUT2D eigenvalue weighted by molar-refractivity contribution is 9.10. The molecule has 4 aromatic rings. The summed E-state index contributed by atoms with van der Waals surface area (Å²) in [4.78, 5) is 19.7. The fourth-order valence-corrected chi connectivity index (χ4v) is 3.80. The van der Waals surface area contributed by atoms with E-state index in [1.165, 1.54) is 22.1 Å². The van der Waals surface area contributed by atoms with E-state index in [1.807, 2.05) is 0 Å². The van der Waals surface area contributed by atoms with E-state index in [1.54, 1.807) is 36.5 Å². The normalized spacial score (nSPS) is 11.6. The van der Waals surface area contributed by atoms with Gasteiger partial charge in [-0.15, -0.1) is 5.10 Å². The number of aryl methyl sites for hydroxylation is 1. The highest BCUT2D eigenvalue weighted by Gasteiger charge is 2.32. The van der Waals surface area contributed by atoms with E-state index in [9.17, 15) is 18.0 Å². The molecule has 0 radical (unpaired) electrons. The molecule has 10 heteroatoms. The van der Waals surface area contributed by atoms with E-state index in [-0.39, 0.29) is 12.2 Å². The Kier molecular flexibility index (Phi) is 5.15. The van der Waals surface area contributed by atoms with Gasteiger partial charge in [-0.2, -0.15) is 13.2 Å². The van der Waals surface area contributed by atoms with Gasteiger partial charge in [-0.05, 0) is 46.1 Å². The number of rotatable bonds is 3. The summed E-state index contributed by atoms with van der Waals surface area (Å²) in [6.07, 6.45) is -2.95. The molecule has 0 saturated heterocycles. The molecule has 0 aliphatic rings. The van der Waals surface area contributed by atoms with Crippen molar-refractivity contribution in [1.82, 2.24) is 19.2 Å². The minimum absolute atomic E-state index is 0.0149. The minimum Gasteiger partial charge on any atom is -0.249 e. The summed E-state index contributed by atoms with van der Waals surface area (Å²) in [6, 6.07) is 11.0. The first-order valence-electron chi connectivity index (χ1n) is 8.98. The number of hydrogen-bond donors (Lipinski definition) is 0. The number of pyridine rings is 2. The SMILES string of the molecule is [C-]#[N+]c1ccc(-c2ccn3c(=O)n(Cc4ccc(C(F)(F)F)nc4C)nc3c2Br)cc1. The van der Waals surface area contributed by atoms with Gasteiger partial charge in [-0.25, -0.2) is 23.7 Å². The van der Waals surface area contributed by atoms with Crippen LogP contribution >= 0.6 is 15.9 Å². The Labute approximate surface area is 182 Å². The molecule has 0 saturated carbocycles. The van der Waals surface area contributed by atoms with Gasteiger partial charge in [-0.3, -0.25) is 0 Å². The maximum Gasteiger partial charge on any atom is 0.433 e. The van der Waals surface area contributed by atoms with E-state index in [0.717, 1.165) is 17.2 Å². The highest BCUT2D eigenvalue weighted by Crippen LogP contribution is 2.32. The number of halogens is 4. The molecule has 1 aromatic carbocycles. The first-order chi connectivity index (χ1) is 14.7. The van der Waals surface area contributed by atoms with Crippen LogP contribution in [0.5, 0.6) is 0 Å².